The van der Waals surface area contributed by atoms with Gasteiger partial charge in [0.25, 0.3) is 0 Å². The van der Waals surface area contributed by atoms with Crippen LogP contribution >= 0.6 is 0 Å². The Morgan fingerprint density at radius 3 is 2.90 bits per heavy atom. The molecule has 2 bridgehead atoms. The highest BCUT2D eigenvalue weighted by Gasteiger charge is 2.66. The largest absolute Gasteiger partial charge is 0.458 e. The Balaban J connectivity index is 1.55. The third-order valence-electron chi connectivity index (χ3n) is 4.76. The van der Waals surface area contributed by atoms with Crippen LogP contribution in [-0.2, 0) is 19.0 Å². The van der Waals surface area contributed by atoms with Gasteiger partial charge in [-0.15, -0.1) is 0 Å². The van der Waals surface area contributed by atoms with Crippen LogP contribution < -0.4 is 0 Å². The van der Waals surface area contributed by atoms with Gasteiger partial charge in [-0.05, 0) is 38.5 Å². The van der Waals surface area contributed by atoms with Crippen LogP contribution in [0.3, 0.4) is 0 Å². The van der Waals surface area contributed by atoms with Gasteiger partial charge >= 0.3 is 5.97 Å². The summed E-state index contributed by atoms with van der Waals surface area (Å²) in [6.07, 6.45) is 1.47. The van der Waals surface area contributed by atoms with Crippen molar-refractivity contribution in [3.05, 3.63) is 12.2 Å². The SMILES string of the molecule is C=C(C)COCC(=O)OC1C2CC3C1OC(C)(O)C3C2. The zero-order chi connectivity index (χ0) is 14.5. The fourth-order valence-corrected chi connectivity index (χ4v) is 4.05. The lowest BCUT2D eigenvalue weighted by Crippen LogP contribution is -2.36. The van der Waals surface area contributed by atoms with Gasteiger partial charge in [0.1, 0.15) is 18.8 Å². The van der Waals surface area contributed by atoms with Crippen molar-refractivity contribution in [3.8, 4) is 0 Å². The number of ether oxygens (including phenoxy) is 3. The summed E-state index contributed by atoms with van der Waals surface area (Å²) in [5, 5.41) is 10.2. The van der Waals surface area contributed by atoms with E-state index in [1.165, 1.54) is 0 Å². The minimum atomic E-state index is -1.07. The number of rotatable bonds is 5. The lowest BCUT2D eigenvalue weighted by molar-refractivity contribution is -0.207. The summed E-state index contributed by atoms with van der Waals surface area (Å²) in [7, 11) is 0. The van der Waals surface area contributed by atoms with E-state index in [0.29, 0.717) is 18.4 Å². The van der Waals surface area contributed by atoms with Gasteiger partial charge in [-0.2, -0.15) is 0 Å². The normalized spacial score (nSPS) is 44.9. The lowest BCUT2D eigenvalue weighted by atomic mass is 9.84. The zero-order valence-corrected chi connectivity index (χ0v) is 12.0. The van der Waals surface area contributed by atoms with Crippen molar-refractivity contribution in [3.63, 3.8) is 0 Å². The quantitative estimate of drug-likeness (QED) is 0.607. The van der Waals surface area contributed by atoms with Gasteiger partial charge in [0, 0.05) is 5.92 Å². The number of esters is 1. The highest BCUT2D eigenvalue weighted by Crippen LogP contribution is 2.60. The van der Waals surface area contributed by atoms with Gasteiger partial charge in [0.15, 0.2) is 5.79 Å². The van der Waals surface area contributed by atoms with E-state index in [1.54, 1.807) is 6.92 Å². The minimum Gasteiger partial charge on any atom is -0.458 e. The van der Waals surface area contributed by atoms with Crippen molar-refractivity contribution < 1.29 is 24.1 Å². The van der Waals surface area contributed by atoms with Crippen molar-refractivity contribution in [1.82, 2.24) is 0 Å². The molecule has 2 aliphatic carbocycles. The summed E-state index contributed by atoms with van der Waals surface area (Å²) >= 11 is 0. The van der Waals surface area contributed by atoms with E-state index in [1.807, 2.05) is 6.92 Å². The summed E-state index contributed by atoms with van der Waals surface area (Å²) in [6, 6.07) is 0. The van der Waals surface area contributed by atoms with Gasteiger partial charge in [0.05, 0.1) is 6.61 Å². The summed E-state index contributed by atoms with van der Waals surface area (Å²) in [6.45, 7) is 7.57. The monoisotopic (exact) mass is 282 g/mol. The van der Waals surface area contributed by atoms with E-state index in [2.05, 4.69) is 6.58 Å². The summed E-state index contributed by atoms with van der Waals surface area (Å²) < 4.78 is 16.4. The summed E-state index contributed by atoms with van der Waals surface area (Å²) in [5.74, 6) is -0.609. The molecule has 0 amide bonds. The molecule has 1 heterocycles. The van der Waals surface area contributed by atoms with Crippen molar-refractivity contribution in [2.75, 3.05) is 13.2 Å². The smallest absolute Gasteiger partial charge is 0.332 e. The van der Waals surface area contributed by atoms with Crippen LogP contribution in [0.15, 0.2) is 12.2 Å². The molecule has 5 nitrogen and oxygen atoms in total. The van der Waals surface area contributed by atoms with Crippen LogP contribution in [0, 0.1) is 17.8 Å². The van der Waals surface area contributed by atoms with Crippen LogP contribution in [0.2, 0.25) is 0 Å². The fourth-order valence-electron chi connectivity index (χ4n) is 4.05. The summed E-state index contributed by atoms with van der Waals surface area (Å²) in [5.41, 5.74) is 0.871. The Morgan fingerprint density at radius 2 is 2.20 bits per heavy atom. The first-order valence-electron chi connectivity index (χ1n) is 7.20. The molecule has 0 aromatic rings. The maximum absolute atomic E-state index is 11.8. The van der Waals surface area contributed by atoms with Crippen molar-refractivity contribution in [2.45, 2.75) is 44.7 Å². The molecule has 6 unspecified atom stereocenters. The maximum Gasteiger partial charge on any atom is 0.332 e. The first-order valence-corrected chi connectivity index (χ1v) is 7.20. The van der Waals surface area contributed by atoms with Gasteiger partial charge in [-0.25, -0.2) is 4.79 Å². The molecule has 1 aliphatic heterocycles. The number of hydrogen-bond donors (Lipinski definition) is 1. The van der Waals surface area contributed by atoms with Gasteiger partial charge in [-0.3, -0.25) is 0 Å². The second-order valence-corrected chi connectivity index (χ2v) is 6.54. The molecule has 3 aliphatic rings. The third-order valence-corrected chi connectivity index (χ3v) is 4.76. The van der Waals surface area contributed by atoms with E-state index in [9.17, 15) is 9.90 Å². The van der Waals surface area contributed by atoms with Gasteiger partial charge in [0.2, 0.25) is 0 Å². The summed E-state index contributed by atoms with van der Waals surface area (Å²) in [4.78, 5) is 11.8. The highest BCUT2D eigenvalue weighted by atomic mass is 16.7. The maximum atomic E-state index is 11.8. The van der Waals surface area contributed by atoms with E-state index in [4.69, 9.17) is 14.2 Å². The standard InChI is InChI=1S/C15H22O5/c1-8(2)6-18-7-12(16)19-13-9-4-10-11(5-9)15(3,17)20-14(10)13/h9-11,13-14,17H,1,4-7H2,2-3H3. The number of aliphatic hydroxyl groups is 1. The van der Waals surface area contributed by atoms with Crippen molar-refractivity contribution in [2.24, 2.45) is 17.8 Å². The Bertz CT molecular complexity index is 430. The molecule has 112 valence electrons. The molecule has 1 saturated heterocycles. The number of fused-ring (bicyclic) bond motifs is 1. The molecule has 5 heteroatoms. The van der Waals surface area contributed by atoms with Crippen LogP contribution in [0.5, 0.6) is 0 Å². The van der Waals surface area contributed by atoms with E-state index in [-0.39, 0.29) is 30.7 Å². The van der Waals surface area contributed by atoms with Crippen LogP contribution in [-0.4, -0.2) is 42.3 Å². The molecule has 0 spiro atoms. The topological polar surface area (TPSA) is 65.0 Å². The number of carbonyl (C=O) groups excluding carboxylic acids is 1. The molecule has 2 saturated carbocycles. The number of carbonyl (C=O) groups is 1. The average molecular weight is 282 g/mol. The van der Waals surface area contributed by atoms with Crippen molar-refractivity contribution in [1.29, 1.82) is 0 Å². The minimum absolute atomic E-state index is 0.0622. The van der Waals surface area contributed by atoms with Gasteiger partial charge < -0.3 is 19.3 Å². The Hall–Kier alpha value is -0.910. The molecular weight excluding hydrogens is 260 g/mol. The van der Waals surface area contributed by atoms with Gasteiger partial charge in [-0.1, -0.05) is 12.2 Å². The average Bonchev–Trinajstić information content (AvgIpc) is 2.92. The lowest BCUT2D eigenvalue weighted by Gasteiger charge is -2.26. The number of hydrogen-bond acceptors (Lipinski definition) is 5. The fraction of sp³-hybridized carbons (Fsp3) is 0.800. The Labute approximate surface area is 118 Å². The molecule has 0 radical (unpaired) electrons. The molecule has 1 N–H and O–H groups in total. The molecular formula is C15H22O5. The van der Waals surface area contributed by atoms with E-state index < -0.39 is 5.79 Å². The molecule has 20 heavy (non-hydrogen) atoms. The predicted molar refractivity (Wildman–Crippen MR) is 70.7 cm³/mol. The Morgan fingerprint density at radius 1 is 1.45 bits per heavy atom. The highest BCUT2D eigenvalue weighted by molar-refractivity contribution is 5.71. The zero-order valence-electron chi connectivity index (χ0n) is 12.0. The molecule has 0 aromatic heterocycles. The second kappa shape index (κ2) is 4.83. The molecule has 3 rings (SSSR count). The van der Waals surface area contributed by atoms with Crippen LogP contribution in [0.25, 0.3) is 0 Å². The van der Waals surface area contributed by atoms with Crippen LogP contribution in [0.1, 0.15) is 26.7 Å². The Kier molecular flexibility index (Phi) is 3.39. The third kappa shape index (κ3) is 2.28. The van der Waals surface area contributed by atoms with Crippen molar-refractivity contribution >= 4 is 5.97 Å². The molecule has 0 aromatic carbocycles. The van der Waals surface area contributed by atoms with Crippen LogP contribution in [0.4, 0.5) is 0 Å². The first kappa shape index (κ1) is 14.0. The second-order valence-electron chi connectivity index (χ2n) is 6.54. The predicted octanol–water partition coefficient (Wildman–Crippen LogP) is 1.25. The molecule has 6 atom stereocenters. The van der Waals surface area contributed by atoms with E-state index >= 15 is 0 Å². The molecule has 3 fully saturated rings. The van der Waals surface area contributed by atoms with E-state index in [0.717, 1.165) is 18.4 Å². The first-order chi connectivity index (χ1) is 9.38.